The molecule has 0 aliphatic carbocycles. The van der Waals surface area contributed by atoms with Gasteiger partial charge in [0, 0.05) is 11.1 Å². The molecule has 26 heavy (non-hydrogen) atoms. The first-order valence-electron chi connectivity index (χ1n) is 7.76. The number of benzene rings is 2. The van der Waals surface area contributed by atoms with Crippen LogP contribution >= 0.6 is 0 Å². The third-order valence-electron chi connectivity index (χ3n) is 3.68. The van der Waals surface area contributed by atoms with Gasteiger partial charge < -0.3 is 13.7 Å². The van der Waals surface area contributed by atoms with Gasteiger partial charge in [0.1, 0.15) is 18.0 Å². The molecule has 0 spiro atoms. The van der Waals surface area contributed by atoms with E-state index in [4.69, 9.17) is 13.7 Å². The van der Waals surface area contributed by atoms with Crippen LogP contribution in [0.2, 0.25) is 0 Å². The van der Waals surface area contributed by atoms with Crippen LogP contribution in [0.25, 0.3) is 22.8 Å². The minimum Gasteiger partial charge on any atom is -0.497 e. The zero-order chi connectivity index (χ0) is 17.9. The van der Waals surface area contributed by atoms with Crippen molar-refractivity contribution in [3.63, 3.8) is 0 Å². The number of halogens is 1. The van der Waals surface area contributed by atoms with E-state index in [1.165, 1.54) is 12.1 Å². The van der Waals surface area contributed by atoms with Gasteiger partial charge in [0.05, 0.1) is 7.11 Å². The van der Waals surface area contributed by atoms with E-state index in [1.54, 1.807) is 19.2 Å². The molecule has 0 fully saturated rings. The molecule has 2 aromatic carbocycles. The Morgan fingerprint density at radius 1 is 0.923 bits per heavy atom. The number of methoxy groups -OCH3 is 1. The summed E-state index contributed by atoms with van der Waals surface area (Å²) in [5.74, 6) is 1.86. The predicted octanol–water partition coefficient (Wildman–Crippen LogP) is 3.53. The number of hydrogen-bond donors (Lipinski definition) is 0. The van der Waals surface area contributed by atoms with Crippen molar-refractivity contribution in [3.8, 4) is 28.6 Å². The van der Waals surface area contributed by atoms with Gasteiger partial charge in [0.2, 0.25) is 23.5 Å². The first kappa shape index (κ1) is 15.9. The molecule has 2 heterocycles. The van der Waals surface area contributed by atoms with Gasteiger partial charge in [0.15, 0.2) is 0 Å². The maximum atomic E-state index is 13.0. The van der Waals surface area contributed by atoms with Gasteiger partial charge in [0.25, 0.3) is 0 Å². The Balaban J connectivity index is 1.49. The number of rotatable bonds is 5. The highest BCUT2D eigenvalue weighted by Crippen LogP contribution is 2.22. The predicted molar refractivity (Wildman–Crippen MR) is 88.8 cm³/mol. The maximum Gasteiger partial charge on any atom is 0.247 e. The van der Waals surface area contributed by atoms with Crippen LogP contribution in [0.4, 0.5) is 4.39 Å². The lowest BCUT2D eigenvalue weighted by Crippen LogP contribution is -1.89. The molecule has 0 N–H and O–H groups in total. The lowest BCUT2D eigenvalue weighted by Gasteiger charge is -1.99. The van der Waals surface area contributed by atoms with Crippen LogP contribution in [-0.2, 0) is 6.42 Å². The van der Waals surface area contributed by atoms with Crippen LogP contribution in [-0.4, -0.2) is 27.4 Å². The standard InChI is InChI=1S/C18H13FN4O3/c1-24-14-8-4-12(5-9-14)18-22-21-16(25-18)10-15-20-17(23-26-15)11-2-6-13(19)7-3-11/h2-9H,10H2,1H3. The molecule has 7 nitrogen and oxygen atoms in total. The third-order valence-corrected chi connectivity index (χ3v) is 3.68. The molecule has 0 aliphatic heterocycles. The fraction of sp³-hybridized carbons (Fsp3) is 0.111. The lowest BCUT2D eigenvalue weighted by atomic mass is 10.2. The van der Waals surface area contributed by atoms with Gasteiger partial charge in [-0.1, -0.05) is 5.16 Å². The molecule has 0 saturated carbocycles. The first-order valence-corrected chi connectivity index (χ1v) is 7.76. The topological polar surface area (TPSA) is 87.1 Å². The molecule has 2 aromatic heterocycles. The average Bonchev–Trinajstić information content (AvgIpc) is 3.33. The number of ether oxygens (including phenoxy) is 1. The maximum absolute atomic E-state index is 13.0. The second-order valence-corrected chi connectivity index (χ2v) is 5.42. The van der Waals surface area contributed by atoms with E-state index in [2.05, 4.69) is 20.3 Å². The molecule has 0 atom stereocenters. The fourth-order valence-electron chi connectivity index (χ4n) is 2.35. The van der Waals surface area contributed by atoms with Crippen molar-refractivity contribution in [2.45, 2.75) is 6.42 Å². The number of nitrogens with zero attached hydrogens (tertiary/aromatic N) is 4. The van der Waals surface area contributed by atoms with Crippen molar-refractivity contribution in [2.75, 3.05) is 7.11 Å². The normalized spacial score (nSPS) is 10.8. The van der Waals surface area contributed by atoms with Crippen molar-refractivity contribution in [2.24, 2.45) is 0 Å². The Kier molecular flexibility index (Phi) is 4.14. The second-order valence-electron chi connectivity index (χ2n) is 5.42. The van der Waals surface area contributed by atoms with Crippen LogP contribution in [0.5, 0.6) is 5.75 Å². The summed E-state index contributed by atoms with van der Waals surface area (Å²) in [4.78, 5) is 4.27. The summed E-state index contributed by atoms with van der Waals surface area (Å²) in [5, 5.41) is 11.9. The van der Waals surface area contributed by atoms with Crippen molar-refractivity contribution in [3.05, 3.63) is 66.1 Å². The highest BCUT2D eigenvalue weighted by Gasteiger charge is 2.14. The van der Waals surface area contributed by atoms with Crippen molar-refractivity contribution < 1.29 is 18.1 Å². The quantitative estimate of drug-likeness (QED) is 0.543. The molecule has 4 rings (SSSR count). The SMILES string of the molecule is COc1ccc(-c2nnc(Cc3nc(-c4ccc(F)cc4)no3)o2)cc1. The van der Waals surface area contributed by atoms with Crippen LogP contribution in [0.3, 0.4) is 0 Å². The molecule has 130 valence electrons. The van der Waals surface area contributed by atoms with E-state index in [9.17, 15) is 4.39 Å². The summed E-state index contributed by atoms with van der Waals surface area (Å²) >= 11 is 0. The molecule has 0 unspecified atom stereocenters. The molecule has 0 saturated heterocycles. The Morgan fingerprint density at radius 3 is 2.38 bits per heavy atom. The molecule has 0 aliphatic rings. The average molecular weight is 352 g/mol. The Labute approximate surface area is 147 Å². The van der Waals surface area contributed by atoms with Crippen molar-refractivity contribution >= 4 is 0 Å². The van der Waals surface area contributed by atoms with E-state index in [0.29, 0.717) is 29.1 Å². The van der Waals surface area contributed by atoms with E-state index >= 15 is 0 Å². The third kappa shape index (κ3) is 3.30. The number of hydrogen-bond acceptors (Lipinski definition) is 7. The largest absolute Gasteiger partial charge is 0.497 e. The Hall–Kier alpha value is -3.55. The zero-order valence-corrected chi connectivity index (χ0v) is 13.7. The summed E-state index contributed by atoms with van der Waals surface area (Å²) in [5.41, 5.74) is 1.44. The molecule has 0 bridgehead atoms. The Morgan fingerprint density at radius 2 is 1.65 bits per heavy atom. The first-order chi connectivity index (χ1) is 12.7. The number of aromatic nitrogens is 4. The van der Waals surface area contributed by atoms with Crippen molar-refractivity contribution in [1.29, 1.82) is 0 Å². The zero-order valence-electron chi connectivity index (χ0n) is 13.7. The smallest absolute Gasteiger partial charge is 0.247 e. The Bertz CT molecular complexity index is 1010. The molecule has 8 heteroatoms. The van der Waals surface area contributed by atoms with Gasteiger partial charge in [-0.05, 0) is 48.5 Å². The van der Waals surface area contributed by atoms with Gasteiger partial charge in [-0.25, -0.2) is 4.39 Å². The monoisotopic (exact) mass is 352 g/mol. The summed E-state index contributed by atoms with van der Waals surface area (Å²) in [6, 6.07) is 13.1. The highest BCUT2D eigenvalue weighted by molar-refractivity contribution is 5.54. The van der Waals surface area contributed by atoms with Crippen LogP contribution in [0.15, 0.2) is 57.5 Å². The van der Waals surface area contributed by atoms with Gasteiger partial charge in [-0.3, -0.25) is 0 Å². The lowest BCUT2D eigenvalue weighted by molar-refractivity contribution is 0.374. The van der Waals surface area contributed by atoms with Crippen LogP contribution in [0.1, 0.15) is 11.8 Å². The summed E-state index contributed by atoms with van der Waals surface area (Å²) in [6.07, 6.45) is 0.206. The molecule has 4 aromatic rings. The highest BCUT2D eigenvalue weighted by atomic mass is 19.1. The second kappa shape index (κ2) is 6.75. The minimum absolute atomic E-state index is 0.206. The fourth-order valence-corrected chi connectivity index (χ4v) is 2.35. The molecular weight excluding hydrogens is 339 g/mol. The van der Waals surface area contributed by atoms with Gasteiger partial charge in [-0.15, -0.1) is 10.2 Å². The summed E-state index contributed by atoms with van der Waals surface area (Å²) < 4.78 is 28.9. The van der Waals surface area contributed by atoms with Crippen LogP contribution in [0, 0.1) is 5.82 Å². The molecule has 0 radical (unpaired) electrons. The molecular formula is C18H13FN4O3. The van der Waals surface area contributed by atoms with E-state index in [1.807, 2.05) is 24.3 Å². The van der Waals surface area contributed by atoms with E-state index in [-0.39, 0.29) is 12.2 Å². The van der Waals surface area contributed by atoms with Crippen LogP contribution < -0.4 is 4.74 Å². The van der Waals surface area contributed by atoms with Gasteiger partial charge in [-0.2, -0.15) is 4.98 Å². The summed E-state index contributed by atoms with van der Waals surface area (Å²) in [6.45, 7) is 0. The minimum atomic E-state index is -0.325. The molecule has 0 amide bonds. The summed E-state index contributed by atoms with van der Waals surface area (Å²) in [7, 11) is 1.60. The van der Waals surface area contributed by atoms with E-state index in [0.717, 1.165) is 11.3 Å². The van der Waals surface area contributed by atoms with E-state index < -0.39 is 0 Å². The van der Waals surface area contributed by atoms with Gasteiger partial charge >= 0.3 is 0 Å². The van der Waals surface area contributed by atoms with Crippen molar-refractivity contribution in [1.82, 2.24) is 20.3 Å².